The third-order valence-corrected chi connectivity index (χ3v) is 2.42. The number of hydrazine groups is 1. The quantitative estimate of drug-likeness (QED) is 0.308. The van der Waals surface area contributed by atoms with Crippen LogP contribution >= 0.6 is 0 Å². The molecule has 0 amide bonds. The van der Waals surface area contributed by atoms with E-state index in [0.717, 1.165) is 18.5 Å². The molecule has 0 heterocycles. The second kappa shape index (κ2) is 4.49. The first-order valence-electron chi connectivity index (χ1n) is 5.26. The molecule has 0 bridgehead atoms. The van der Waals surface area contributed by atoms with Crippen molar-refractivity contribution in [3.63, 3.8) is 0 Å². The fourth-order valence-electron chi connectivity index (χ4n) is 1.35. The largest absolute Gasteiger partial charge is 0.325 e. The summed E-state index contributed by atoms with van der Waals surface area (Å²) in [6, 6.07) is 5.17. The van der Waals surface area contributed by atoms with Crippen molar-refractivity contribution >= 4 is 11.6 Å². The number of guanidine groups is 1. The Labute approximate surface area is 93.7 Å². The normalized spacial score (nSPS) is 16.1. The zero-order valence-electron chi connectivity index (χ0n) is 9.13. The summed E-state index contributed by atoms with van der Waals surface area (Å²) in [7, 11) is 0. The highest BCUT2D eigenvalue weighted by molar-refractivity contribution is 5.93. The molecular formula is C11H15FN4. The smallest absolute Gasteiger partial charge is 0.210 e. The molecule has 1 saturated carbocycles. The Morgan fingerprint density at radius 2 is 2.25 bits per heavy atom. The summed E-state index contributed by atoms with van der Waals surface area (Å²) < 4.78 is 13.0. The third-order valence-electron chi connectivity index (χ3n) is 2.42. The molecule has 1 aliphatic rings. The number of rotatable bonds is 2. The molecule has 0 spiro atoms. The van der Waals surface area contributed by atoms with Crippen LogP contribution < -0.4 is 16.6 Å². The first kappa shape index (κ1) is 10.9. The van der Waals surface area contributed by atoms with Gasteiger partial charge in [0.2, 0.25) is 5.96 Å². The van der Waals surface area contributed by atoms with Gasteiger partial charge >= 0.3 is 0 Å². The number of aryl methyl sites for hydroxylation is 1. The van der Waals surface area contributed by atoms with Crippen LogP contribution in [0.25, 0.3) is 0 Å². The number of benzene rings is 1. The summed E-state index contributed by atoms with van der Waals surface area (Å²) in [6.45, 7) is 1.72. The van der Waals surface area contributed by atoms with Gasteiger partial charge in [-0.2, -0.15) is 0 Å². The van der Waals surface area contributed by atoms with E-state index in [0.29, 0.717) is 17.6 Å². The molecule has 0 aliphatic heterocycles. The molecule has 1 aromatic carbocycles. The van der Waals surface area contributed by atoms with Crippen molar-refractivity contribution in [2.75, 3.05) is 5.32 Å². The van der Waals surface area contributed by atoms with Gasteiger partial charge in [0.25, 0.3) is 0 Å². The average molecular weight is 222 g/mol. The minimum atomic E-state index is -0.216. The number of nitrogens with one attached hydrogen (secondary N) is 2. The third kappa shape index (κ3) is 2.70. The second-order valence-corrected chi connectivity index (χ2v) is 3.94. The number of anilines is 1. The molecule has 1 aromatic rings. The summed E-state index contributed by atoms with van der Waals surface area (Å²) in [5.74, 6) is 5.65. The number of nitrogens with zero attached hydrogens (tertiary/aromatic N) is 1. The van der Waals surface area contributed by atoms with Crippen molar-refractivity contribution in [2.45, 2.75) is 25.8 Å². The number of hydrogen-bond acceptors (Lipinski definition) is 2. The van der Waals surface area contributed by atoms with E-state index in [1.165, 1.54) is 6.07 Å². The van der Waals surface area contributed by atoms with E-state index < -0.39 is 0 Å². The molecule has 0 radical (unpaired) electrons. The number of aliphatic imine (C=N–C) groups is 1. The van der Waals surface area contributed by atoms with Crippen LogP contribution in [0.5, 0.6) is 0 Å². The van der Waals surface area contributed by atoms with Gasteiger partial charge in [0.15, 0.2) is 0 Å². The summed E-state index contributed by atoms with van der Waals surface area (Å²) in [6.07, 6.45) is 2.21. The van der Waals surface area contributed by atoms with E-state index in [2.05, 4.69) is 15.7 Å². The van der Waals surface area contributed by atoms with E-state index in [9.17, 15) is 4.39 Å². The maximum absolute atomic E-state index is 13.0. The van der Waals surface area contributed by atoms with Crippen molar-refractivity contribution in [1.82, 2.24) is 5.43 Å². The molecule has 0 aromatic heterocycles. The van der Waals surface area contributed by atoms with Gasteiger partial charge in [-0.15, -0.1) is 0 Å². The van der Waals surface area contributed by atoms with E-state index >= 15 is 0 Å². The van der Waals surface area contributed by atoms with Crippen LogP contribution in [0.1, 0.15) is 18.4 Å². The van der Waals surface area contributed by atoms with Crippen molar-refractivity contribution in [3.05, 3.63) is 29.6 Å². The van der Waals surface area contributed by atoms with Crippen LogP contribution in [0.2, 0.25) is 0 Å². The predicted octanol–water partition coefficient (Wildman–Crippen LogP) is 1.53. The lowest BCUT2D eigenvalue weighted by Gasteiger charge is -2.09. The lowest BCUT2D eigenvalue weighted by atomic mass is 10.2. The highest BCUT2D eigenvalue weighted by atomic mass is 19.1. The fourth-order valence-corrected chi connectivity index (χ4v) is 1.35. The lowest BCUT2D eigenvalue weighted by Crippen LogP contribution is -2.36. The summed E-state index contributed by atoms with van der Waals surface area (Å²) in [5.41, 5.74) is 3.87. The van der Waals surface area contributed by atoms with Crippen LogP contribution in [0.15, 0.2) is 23.2 Å². The molecule has 4 N–H and O–H groups in total. The SMILES string of the molecule is Cc1cc(NC(=NC2CC2)NN)ccc1F. The van der Waals surface area contributed by atoms with E-state index in [-0.39, 0.29) is 5.82 Å². The monoisotopic (exact) mass is 222 g/mol. The predicted molar refractivity (Wildman–Crippen MR) is 62.5 cm³/mol. The Hall–Kier alpha value is -1.62. The van der Waals surface area contributed by atoms with Gasteiger partial charge in [-0.05, 0) is 43.5 Å². The highest BCUT2D eigenvalue weighted by Crippen LogP contribution is 2.23. The molecule has 2 rings (SSSR count). The van der Waals surface area contributed by atoms with Crippen LogP contribution in [0, 0.1) is 12.7 Å². The maximum atomic E-state index is 13.0. The Balaban J connectivity index is 2.09. The van der Waals surface area contributed by atoms with Gasteiger partial charge in [-0.25, -0.2) is 15.2 Å². The molecule has 0 unspecified atom stereocenters. The topological polar surface area (TPSA) is 62.4 Å². The van der Waals surface area contributed by atoms with Crippen LogP contribution in [0.3, 0.4) is 0 Å². The molecule has 0 atom stereocenters. The lowest BCUT2D eigenvalue weighted by molar-refractivity contribution is 0.619. The van der Waals surface area contributed by atoms with Crippen molar-refractivity contribution in [3.8, 4) is 0 Å². The van der Waals surface area contributed by atoms with Crippen LogP contribution in [0.4, 0.5) is 10.1 Å². The zero-order valence-corrected chi connectivity index (χ0v) is 9.13. The van der Waals surface area contributed by atoms with Gasteiger partial charge in [-0.3, -0.25) is 5.43 Å². The molecule has 1 fully saturated rings. The van der Waals surface area contributed by atoms with Gasteiger partial charge < -0.3 is 5.32 Å². The Morgan fingerprint density at radius 3 is 2.81 bits per heavy atom. The highest BCUT2D eigenvalue weighted by Gasteiger charge is 2.20. The first-order chi connectivity index (χ1) is 7.69. The van der Waals surface area contributed by atoms with Gasteiger partial charge in [0.05, 0.1) is 6.04 Å². The van der Waals surface area contributed by atoms with E-state index in [1.54, 1.807) is 19.1 Å². The molecule has 1 aliphatic carbocycles. The first-order valence-corrected chi connectivity index (χ1v) is 5.26. The van der Waals surface area contributed by atoms with Crippen molar-refractivity contribution < 1.29 is 4.39 Å². The van der Waals surface area contributed by atoms with Gasteiger partial charge in [0.1, 0.15) is 5.82 Å². The van der Waals surface area contributed by atoms with Crippen molar-refractivity contribution in [2.24, 2.45) is 10.8 Å². The number of nitrogens with two attached hydrogens (primary N) is 1. The molecule has 86 valence electrons. The molecule has 5 heteroatoms. The molecular weight excluding hydrogens is 207 g/mol. The Bertz CT molecular complexity index is 412. The number of hydrogen-bond donors (Lipinski definition) is 3. The zero-order chi connectivity index (χ0) is 11.5. The standard InChI is InChI=1S/C11H15FN4/c1-7-6-9(4-5-10(7)12)15-11(16-13)14-8-2-3-8/h4-6,8H,2-3,13H2,1H3,(H2,14,15,16). The van der Waals surface area contributed by atoms with Gasteiger partial charge in [-0.1, -0.05) is 0 Å². The van der Waals surface area contributed by atoms with E-state index in [4.69, 9.17) is 5.84 Å². The summed E-state index contributed by atoms with van der Waals surface area (Å²) in [4.78, 5) is 4.33. The minimum Gasteiger partial charge on any atom is -0.325 e. The van der Waals surface area contributed by atoms with Crippen LogP contribution in [-0.2, 0) is 0 Å². The molecule has 0 saturated heterocycles. The molecule has 16 heavy (non-hydrogen) atoms. The van der Waals surface area contributed by atoms with Gasteiger partial charge in [0, 0.05) is 5.69 Å². The summed E-state index contributed by atoms with van der Waals surface area (Å²) in [5, 5.41) is 3.02. The fraction of sp³-hybridized carbons (Fsp3) is 0.364. The van der Waals surface area contributed by atoms with Crippen LogP contribution in [-0.4, -0.2) is 12.0 Å². The average Bonchev–Trinajstić information content (AvgIpc) is 3.06. The Kier molecular flexibility index (Phi) is 3.05. The van der Waals surface area contributed by atoms with Crippen molar-refractivity contribution in [1.29, 1.82) is 0 Å². The number of halogens is 1. The minimum absolute atomic E-state index is 0.216. The maximum Gasteiger partial charge on any atom is 0.210 e. The van der Waals surface area contributed by atoms with E-state index in [1.807, 2.05) is 0 Å². The molecule has 4 nitrogen and oxygen atoms in total. The summed E-state index contributed by atoms with van der Waals surface area (Å²) >= 11 is 0. The Morgan fingerprint density at radius 1 is 1.50 bits per heavy atom. The second-order valence-electron chi connectivity index (χ2n) is 3.94.